The fraction of sp³-hybridized carbons (Fsp3) is 0.143. The van der Waals surface area contributed by atoms with Gasteiger partial charge in [0.15, 0.2) is 0 Å². The third kappa shape index (κ3) is 9.15. The minimum Gasteiger partial charge on any atom is -0.310 e. The molecule has 0 radical (unpaired) electrons. The molecule has 0 aliphatic heterocycles. The van der Waals surface area contributed by atoms with Crippen LogP contribution in [0, 0.1) is 65.9 Å². The van der Waals surface area contributed by atoms with Crippen molar-refractivity contribution in [1.29, 1.82) is 0 Å². The van der Waals surface area contributed by atoms with Crippen LogP contribution in [0.4, 0.5) is 68.2 Å². The number of para-hydroxylation sites is 3. The van der Waals surface area contributed by atoms with Gasteiger partial charge in [-0.25, -0.2) is 0 Å². The van der Waals surface area contributed by atoms with Crippen molar-refractivity contribution in [1.82, 2.24) is 0 Å². The van der Waals surface area contributed by atoms with Crippen LogP contribution in [0.15, 0.2) is 194 Å². The van der Waals surface area contributed by atoms with Crippen LogP contribution in [0.5, 0.6) is 0 Å². The molecule has 338 valence electrons. The third-order valence-corrected chi connectivity index (χ3v) is 14.3. The molecular formula is C63H59IN4. The Morgan fingerprint density at radius 2 is 0.544 bits per heavy atom. The highest BCUT2D eigenvalue weighted by molar-refractivity contribution is 14.1. The van der Waals surface area contributed by atoms with Crippen LogP contribution in [0.3, 0.4) is 0 Å². The number of hydrogen-bond acceptors (Lipinski definition) is 4. The Balaban J connectivity index is 1.31. The summed E-state index contributed by atoms with van der Waals surface area (Å²) in [7, 11) is 0. The number of rotatable bonds is 12. The van der Waals surface area contributed by atoms with Crippen molar-refractivity contribution in [3.63, 3.8) is 0 Å². The number of benzene rings is 9. The van der Waals surface area contributed by atoms with E-state index in [0.29, 0.717) is 0 Å². The van der Waals surface area contributed by atoms with E-state index in [1.807, 2.05) is 0 Å². The minimum absolute atomic E-state index is 1.11. The Morgan fingerprint density at radius 1 is 0.265 bits per heavy atom. The number of hydrogen-bond donors (Lipinski definition) is 0. The van der Waals surface area contributed by atoms with Gasteiger partial charge < -0.3 is 19.6 Å². The van der Waals surface area contributed by atoms with Gasteiger partial charge in [0.25, 0.3) is 0 Å². The van der Waals surface area contributed by atoms with E-state index in [4.69, 9.17) is 0 Å². The van der Waals surface area contributed by atoms with Gasteiger partial charge in [0.05, 0.1) is 11.4 Å². The third-order valence-electron chi connectivity index (χ3n) is 12.9. The molecule has 5 heteroatoms. The summed E-state index contributed by atoms with van der Waals surface area (Å²) >= 11 is 2.61. The van der Waals surface area contributed by atoms with Gasteiger partial charge in [-0.15, -0.1) is 0 Å². The fourth-order valence-electron chi connectivity index (χ4n) is 9.57. The lowest BCUT2D eigenvalue weighted by Gasteiger charge is -2.36. The molecule has 0 saturated heterocycles. The van der Waals surface area contributed by atoms with Gasteiger partial charge in [-0.1, -0.05) is 91.0 Å². The van der Waals surface area contributed by atoms with Gasteiger partial charge in [-0.3, -0.25) is 0 Å². The van der Waals surface area contributed by atoms with Crippen molar-refractivity contribution < 1.29 is 0 Å². The first-order valence-electron chi connectivity index (χ1n) is 23.5. The molecule has 0 amide bonds. The molecular weight excluding hydrogens is 940 g/mol. The highest BCUT2D eigenvalue weighted by atomic mass is 127. The van der Waals surface area contributed by atoms with Gasteiger partial charge in [0, 0.05) is 60.4 Å². The molecule has 0 aliphatic rings. The lowest BCUT2D eigenvalue weighted by atomic mass is 9.98. The van der Waals surface area contributed by atoms with Gasteiger partial charge in [-0.05, 0) is 238 Å². The molecule has 0 N–H and O–H groups in total. The topological polar surface area (TPSA) is 13.0 Å². The van der Waals surface area contributed by atoms with Crippen LogP contribution in [-0.4, -0.2) is 0 Å². The smallest absolute Gasteiger partial charge is 0.0648 e. The zero-order valence-electron chi connectivity index (χ0n) is 40.6. The van der Waals surface area contributed by atoms with Gasteiger partial charge in [0.1, 0.15) is 0 Å². The first-order valence-corrected chi connectivity index (χ1v) is 24.5. The maximum absolute atomic E-state index is 2.61. The summed E-state index contributed by atoms with van der Waals surface area (Å²) in [5, 5.41) is 0. The molecule has 0 fully saturated rings. The van der Waals surface area contributed by atoms with Crippen molar-refractivity contribution in [2.75, 3.05) is 19.6 Å². The average molecular weight is 999 g/mol. The summed E-state index contributed by atoms with van der Waals surface area (Å²) < 4.78 is 1.21. The fourth-order valence-corrected chi connectivity index (χ4v) is 10.4. The SMILES string of the molecule is Cc1cccc(N(c2ccccc2)c2cc(C)c(N(c3cc(C)c(N(c4ccccc4)c4cccc(C)c4)cc3C)c3c(C)c(N(c4ccccc4)c4cccc(C)c4)cc(C)c3I)cc2C)c1. The summed E-state index contributed by atoms with van der Waals surface area (Å²) in [6.07, 6.45) is 0. The number of nitrogens with zero attached hydrogens (tertiary/aromatic N) is 4. The quantitative estimate of drug-likeness (QED) is 0.113. The number of aryl methyl sites for hydroxylation is 8. The van der Waals surface area contributed by atoms with E-state index in [9.17, 15) is 0 Å². The van der Waals surface area contributed by atoms with Crippen LogP contribution in [-0.2, 0) is 0 Å². The Bertz CT molecular complexity index is 3110. The second-order valence-electron chi connectivity index (χ2n) is 18.2. The van der Waals surface area contributed by atoms with E-state index in [-0.39, 0.29) is 0 Å². The highest BCUT2D eigenvalue weighted by Crippen LogP contribution is 2.51. The highest BCUT2D eigenvalue weighted by Gasteiger charge is 2.29. The predicted octanol–water partition coefficient (Wildman–Crippen LogP) is 18.9. The first kappa shape index (κ1) is 46.0. The second kappa shape index (κ2) is 19.6. The number of halogens is 1. The van der Waals surface area contributed by atoms with Gasteiger partial charge >= 0.3 is 0 Å². The molecule has 68 heavy (non-hydrogen) atoms. The van der Waals surface area contributed by atoms with Crippen LogP contribution >= 0.6 is 22.6 Å². The molecule has 0 heterocycles. The van der Waals surface area contributed by atoms with E-state index < -0.39 is 0 Å². The molecule has 0 saturated carbocycles. The molecule has 9 aromatic rings. The molecule has 4 nitrogen and oxygen atoms in total. The van der Waals surface area contributed by atoms with Crippen LogP contribution < -0.4 is 19.6 Å². The van der Waals surface area contributed by atoms with Crippen molar-refractivity contribution in [3.05, 3.63) is 248 Å². The lowest BCUT2D eigenvalue weighted by Crippen LogP contribution is -2.20. The standard InChI is InChI=1S/C63H59IN4/c1-42-22-19-31-54(34-42)65(51-25-13-10-14-26-51)57-37-47(6)59(39-45(57)4)68(60-40-46(5)58(38-48(60)7)66(52-27-15-11-16-28-52)55-32-20-23-43(2)35-55)63-50(9)61(41-49(8)62(63)64)67(53-29-17-12-18-30-53)56-33-21-24-44(3)36-56/h10-41H,1-9H3. The number of anilines is 12. The molecule has 0 atom stereocenters. The summed E-state index contributed by atoms with van der Waals surface area (Å²) in [5.41, 5.74) is 24.3. The molecule has 0 aliphatic carbocycles. The van der Waals surface area contributed by atoms with Crippen molar-refractivity contribution in [3.8, 4) is 0 Å². The normalized spacial score (nSPS) is 11.1. The van der Waals surface area contributed by atoms with Crippen LogP contribution in [0.25, 0.3) is 0 Å². The van der Waals surface area contributed by atoms with E-state index in [0.717, 1.165) is 68.2 Å². The second-order valence-corrected chi connectivity index (χ2v) is 19.3. The molecule has 0 spiro atoms. The average Bonchev–Trinajstić information content (AvgIpc) is 3.33. The van der Waals surface area contributed by atoms with E-state index in [1.165, 1.54) is 53.6 Å². The summed E-state index contributed by atoms with van der Waals surface area (Å²) in [6, 6.07) is 70.7. The van der Waals surface area contributed by atoms with Crippen molar-refractivity contribution in [2.45, 2.75) is 62.3 Å². The van der Waals surface area contributed by atoms with Gasteiger partial charge in [-0.2, -0.15) is 0 Å². The Kier molecular flexibility index (Phi) is 13.3. The first-order chi connectivity index (χ1) is 32.9. The maximum atomic E-state index is 2.61. The molecule has 0 bridgehead atoms. The largest absolute Gasteiger partial charge is 0.310 e. The minimum atomic E-state index is 1.11. The summed E-state index contributed by atoms with van der Waals surface area (Å²) in [6.45, 7) is 20.1. The molecule has 9 aromatic carbocycles. The molecule has 0 aromatic heterocycles. The molecule has 0 unspecified atom stereocenters. The van der Waals surface area contributed by atoms with E-state index >= 15 is 0 Å². The zero-order valence-corrected chi connectivity index (χ0v) is 42.8. The Morgan fingerprint density at radius 3 is 0.868 bits per heavy atom. The van der Waals surface area contributed by atoms with Crippen molar-refractivity contribution >= 4 is 90.8 Å². The lowest BCUT2D eigenvalue weighted by molar-refractivity contribution is 1.14. The zero-order chi connectivity index (χ0) is 47.6. The predicted molar refractivity (Wildman–Crippen MR) is 301 cm³/mol. The van der Waals surface area contributed by atoms with E-state index in [1.54, 1.807) is 0 Å². The van der Waals surface area contributed by atoms with E-state index in [2.05, 4.69) is 299 Å². The van der Waals surface area contributed by atoms with Crippen LogP contribution in [0.2, 0.25) is 0 Å². The summed E-state index contributed by atoms with van der Waals surface area (Å²) in [5.74, 6) is 0. The Labute approximate surface area is 417 Å². The van der Waals surface area contributed by atoms with Crippen molar-refractivity contribution in [2.24, 2.45) is 0 Å². The monoisotopic (exact) mass is 998 g/mol. The Hall–Kier alpha value is -7.09. The molecule has 9 rings (SSSR count). The van der Waals surface area contributed by atoms with Crippen LogP contribution in [0.1, 0.15) is 50.1 Å². The van der Waals surface area contributed by atoms with Gasteiger partial charge in [0.2, 0.25) is 0 Å². The maximum Gasteiger partial charge on any atom is 0.0648 e. The summed E-state index contributed by atoms with van der Waals surface area (Å²) in [4.78, 5) is 9.78.